The first-order valence-electron chi connectivity index (χ1n) is 20.3. The monoisotopic (exact) mass is 757 g/mol. The van der Waals surface area contributed by atoms with E-state index < -0.39 is 5.41 Å². The van der Waals surface area contributed by atoms with Crippen LogP contribution in [0.2, 0.25) is 0 Å². The Balaban J connectivity index is 1.13. The van der Waals surface area contributed by atoms with E-state index in [1.165, 1.54) is 92.3 Å². The van der Waals surface area contributed by atoms with Crippen LogP contribution in [0.3, 0.4) is 0 Å². The highest BCUT2D eigenvalue weighted by atomic mass is 32.1. The van der Waals surface area contributed by atoms with Gasteiger partial charge < -0.3 is 4.90 Å². The number of benzene rings is 9. The lowest BCUT2D eigenvalue weighted by atomic mass is 9.67. The molecule has 0 N–H and O–H groups in total. The van der Waals surface area contributed by atoms with Crippen molar-refractivity contribution in [1.82, 2.24) is 0 Å². The molecule has 0 spiro atoms. The third-order valence-electron chi connectivity index (χ3n) is 13.1. The molecule has 0 saturated heterocycles. The van der Waals surface area contributed by atoms with Gasteiger partial charge in [0.25, 0.3) is 0 Å². The Bertz CT molecular complexity index is 3230. The van der Waals surface area contributed by atoms with Crippen LogP contribution in [0.15, 0.2) is 200 Å². The first kappa shape index (κ1) is 33.4. The fourth-order valence-electron chi connectivity index (χ4n) is 10.5. The highest BCUT2D eigenvalue weighted by molar-refractivity contribution is 7.26. The van der Waals surface area contributed by atoms with Crippen LogP contribution in [-0.2, 0) is 10.8 Å². The van der Waals surface area contributed by atoms with E-state index in [4.69, 9.17) is 0 Å². The van der Waals surface area contributed by atoms with Gasteiger partial charge in [0, 0.05) is 37.0 Å². The van der Waals surface area contributed by atoms with Crippen molar-refractivity contribution in [3.63, 3.8) is 0 Å². The lowest BCUT2D eigenvalue weighted by Gasteiger charge is -2.35. The number of nitrogens with zero attached hydrogens (tertiary/aromatic N) is 1. The highest BCUT2D eigenvalue weighted by Crippen LogP contribution is 2.57. The summed E-state index contributed by atoms with van der Waals surface area (Å²) in [5.41, 5.74) is 16.0. The van der Waals surface area contributed by atoms with Crippen molar-refractivity contribution in [3.8, 4) is 22.3 Å². The molecule has 0 bridgehead atoms. The first-order valence-corrected chi connectivity index (χ1v) is 21.1. The average molecular weight is 758 g/mol. The van der Waals surface area contributed by atoms with Gasteiger partial charge in [0.2, 0.25) is 0 Å². The van der Waals surface area contributed by atoms with Gasteiger partial charge in [-0.2, -0.15) is 0 Å². The van der Waals surface area contributed by atoms with Gasteiger partial charge in [-0.25, -0.2) is 0 Å². The largest absolute Gasteiger partial charge is 0.310 e. The summed E-state index contributed by atoms with van der Waals surface area (Å²) in [4.78, 5) is 2.53. The van der Waals surface area contributed by atoms with Crippen LogP contribution >= 0.6 is 11.3 Å². The van der Waals surface area contributed by atoms with E-state index in [9.17, 15) is 0 Å². The summed E-state index contributed by atoms with van der Waals surface area (Å²) in [6.45, 7) is 4.79. The molecular formula is C56H39NS. The topological polar surface area (TPSA) is 3.24 Å². The van der Waals surface area contributed by atoms with Crippen molar-refractivity contribution < 1.29 is 0 Å². The van der Waals surface area contributed by atoms with E-state index in [1.54, 1.807) is 0 Å². The number of anilines is 3. The molecule has 9 aromatic carbocycles. The maximum Gasteiger partial charge on any atom is 0.0714 e. The van der Waals surface area contributed by atoms with Crippen molar-refractivity contribution in [3.05, 3.63) is 234 Å². The Morgan fingerprint density at radius 2 is 0.983 bits per heavy atom. The van der Waals surface area contributed by atoms with Crippen LogP contribution in [0.5, 0.6) is 0 Å². The van der Waals surface area contributed by atoms with Crippen LogP contribution in [0.4, 0.5) is 17.1 Å². The van der Waals surface area contributed by atoms with Gasteiger partial charge in [0.05, 0.1) is 11.1 Å². The number of fused-ring (bicyclic) bond motifs is 10. The molecule has 274 valence electrons. The third kappa shape index (κ3) is 4.58. The van der Waals surface area contributed by atoms with Gasteiger partial charge in [-0.3, -0.25) is 0 Å². The van der Waals surface area contributed by atoms with E-state index >= 15 is 0 Å². The minimum Gasteiger partial charge on any atom is -0.310 e. The zero-order valence-corrected chi connectivity index (χ0v) is 33.2. The smallest absolute Gasteiger partial charge is 0.0714 e. The van der Waals surface area contributed by atoms with Crippen LogP contribution in [0, 0.1) is 0 Å². The van der Waals surface area contributed by atoms with Gasteiger partial charge >= 0.3 is 0 Å². The average Bonchev–Trinajstić information content (AvgIpc) is 3.88. The molecule has 2 aliphatic rings. The molecular weight excluding hydrogens is 719 g/mol. The fourth-order valence-corrected chi connectivity index (χ4v) is 11.6. The van der Waals surface area contributed by atoms with E-state index in [0.717, 1.165) is 11.4 Å². The number of hydrogen-bond acceptors (Lipinski definition) is 2. The predicted octanol–water partition coefficient (Wildman–Crippen LogP) is 15.3. The maximum absolute atomic E-state index is 2.53. The van der Waals surface area contributed by atoms with Crippen molar-refractivity contribution in [2.45, 2.75) is 24.7 Å². The summed E-state index contributed by atoms with van der Waals surface area (Å²) in [5, 5.41) is 5.15. The van der Waals surface area contributed by atoms with Crippen molar-refractivity contribution in [1.29, 1.82) is 0 Å². The first-order chi connectivity index (χ1) is 28.5. The second-order valence-corrected chi connectivity index (χ2v) is 17.5. The number of thiophene rings is 1. The minimum atomic E-state index is -0.499. The molecule has 0 unspecified atom stereocenters. The molecule has 1 nitrogen and oxygen atoms in total. The lowest BCUT2D eigenvalue weighted by molar-refractivity contribution is 0.661. The zero-order chi connectivity index (χ0) is 38.6. The molecule has 1 heterocycles. The Hall–Kier alpha value is -6.74. The van der Waals surface area contributed by atoms with Crippen molar-refractivity contribution >= 4 is 59.3 Å². The van der Waals surface area contributed by atoms with Gasteiger partial charge in [0.15, 0.2) is 0 Å². The lowest BCUT2D eigenvalue weighted by Crippen LogP contribution is -2.28. The molecule has 0 amide bonds. The highest BCUT2D eigenvalue weighted by Gasteiger charge is 2.46. The Morgan fingerprint density at radius 1 is 0.397 bits per heavy atom. The van der Waals surface area contributed by atoms with E-state index in [-0.39, 0.29) is 5.41 Å². The Labute approximate surface area is 343 Å². The molecule has 1 aromatic heterocycles. The molecule has 58 heavy (non-hydrogen) atoms. The molecule has 10 aromatic rings. The number of hydrogen-bond donors (Lipinski definition) is 0. The standard InChI is InChI=1S/C56H39NS/c1-55(2)49-33-37-17-7-6-16-36(37)32-46(49)44-31-30-41(35-50(44)55)57(51-27-15-29-53-54(51)45-24-10-13-28-52(45)58-53)40-21-14-20-39(34-40)56(38-18-4-3-5-19-38)47-25-11-8-22-42(47)43-23-9-12-26-48(43)56/h3-35H,1-2H3. The molecule has 0 radical (unpaired) electrons. The summed E-state index contributed by atoms with van der Waals surface area (Å²) in [6.07, 6.45) is 0. The van der Waals surface area contributed by atoms with Gasteiger partial charge in [0.1, 0.15) is 0 Å². The molecule has 0 fully saturated rings. The Kier molecular flexibility index (Phi) is 7.13. The molecule has 2 aliphatic carbocycles. The van der Waals surface area contributed by atoms with E-state index in [2.05, 4.69) is 219 Å². The summed E-state index contributed by atoms with van der Waals surface area (Å²) in [7, 11) is 0. The normalized spacial score (nSPS) is 14.3. The van der Waals surface area contributed by atoms with Crippen molar-refractivity contribution in [2.24, 2.45) is 0 Å². The molecule has 0 atom stereocenters. The summed E-state index contributed by atoms with van der Waals surface area (Å²) in [5.74, 6) is 0. The Morgan fingerprint density at radius 3 is 1.78 bits per heavy atom. The minimum absolute atomic E-state index is 0.173. The van der Waals surface area contributed by atoms with Crippen LogP contribution in [0.1, 0.15) is 47.2 Å². The van der Waals surface area contributed by atoms with Crippen LogP contribution in [0.25, 0.3) is 53.2 Å². The molecule has 2 heteroatoms. The van der Waals surface area contributed by atoms with Crippen LogP contribution < -0.4 is 4.90 Å². The van der Waals surface area contributed by atoms with Crippen molar-refractivity contribution in [2.75, 3.05) is 4.90 Å². The van der Waals surface area contributed by atoms with E-state index in [0.29, 0.717) is 0 Å². The zero-order valence-electron chi connectivity index (χ0n) is 32.4. The fraction of sp³-hybridized carbons (Fsp3) is 0.0714. The third-order valence-corrected chi connectivity index (χ3v) is 14.2. The molecule has 0 saturated carbocycles. The van der Waals surface area contributed by atoms with Gasteiger partial charge in [-0.1, -0.05) is 159 Å². The van der Waals surface area contributed by atoms with Gasteiger partial charge in [-0.15, -0.1) is 11.3 Å². The van der Waals surface area contributed by atoms with Gasteiger partial charge in [-0.05, 0) is 121 Å². The second kappa shape index (κ2) is 12.4. The summed E-state index contributed by atoms with van der Waals surface area (Å²) < 4.78 is 2.60. The van der Waals surface area contributed by atoms with Crippen LogP contribution in [-0.4, -0.2) is 0 Å². The second-order valence-electron chi connectivity index (χ2n) is 16.4. The number of rotatable bonds is 5. The summed E-state index contributed by atoms with van der Waals surface area (Å²) >= 11 is 1.87. The molecule has 12 rings (SSSR count). The van der Waals surface area contributed by atoms with E-state index in [1.807, 2.05) is 11.3 Å². The quantitative estimate of drug-likeness (QED) is 0.169. The summed E-state index contributed by atoms with van der Waals surface area (Å²) in [6, 6.07) is 75.1. The maximum atomic E-state index is 2.53. The molecule has 0 aliphatic heterocycles. The predicted molar refractivity (Wildman–Crippen MR) is 246 cm³/mol. The SMILES string of the molecule is CC1(C)c2cc(N(c3cccc(C4(c5ccccc5)c5ccccc5-c5ccccc54)c3)c3cccc4sc5ccccc5c34)ccc2-c2cc3ccccc3cc21.